The van der Waals surface area contributed by atoms with Crippen molar-refractivity contribution in [2.75, 3.05) is 12.3 Å². The van der Waals surface area contributed by atoms with Gasteiger partial charge in [-0.05, 0) is 60.8 Å². The summed E-state index contributed by atoms with van der Waals surface area (Å²) >= 11 is 10.1. The summed E-state index contributed by atoms with van der Waals surface area (Å²) in [5, 5.41) is 0. The maximum atomic E-state index is 5.79. The van der Waals surface area contributed by atoms with Gasteiger partial charge in [0.1, 0.15) is 5.75 Å². The highest BCUT2D eigenvalue weighted by atomic mass is 79.9. The summed E-state index contributed by atoms with van der Waals surface area (Å²) in [7, 11) is 0. The molecular formula is C8H8Br3NO. The molecule has 2 nitrogen and oxygen atoms in total. The average Bonchev–Trinajstić information content (AvgIpc) is 2.09. The van der Waals surface area contributed by atoms with Crippen LogP contribution < -0.4 is 10.5 Å². The first kappa shape index (κ1) is 11.3. The number of hydrogen-bond acceptors (Lipinski definition) is 2. The SMILES string of the molecule is CCOc1c(Br)cc(Br)c(N)c1Br. The number of nitrogens with two attached hydrogens (primary N) is 1. The summed E-state index contributed by atoms with van der Waals surface area (Å²) < 4.78 is 7.90. The second-order valence-corrected chi connectivity index (χ2v) is 4.83. The fraction of sp³-hybridized carbons (Fsp3) is 0.250. The predicted molar refractivity (Wildman–Crippen MR) is 65.1 cm³/mol. The molecule has 0 amide bonds. The molecule has 13 heavy (non-hydrogen) atoms. The number of benzene rings is 1. The van der Waals surface area contributed by atoms with Crippen molar-refractivity contribution >= 4 is 53.5 Å². The Morgan fingerprint density at radius 1 is 1.31 bits per heavy atom. The van der Waals surface area contributed by atoms with Crippen LogP contribution in [0.1, 0.15) is 6.92 Å². The smallest absolute Gasteiger partial charge is 0.149 e. The molecule has 5 heteroatoms. The molecule has 0 heterocycles. The lowest BCUT2D eigenvalue weighted by atomic mass is 10.3. The van der Waals surface area contributed by atoms with Gasteiger partial charge in [0.2, 0.25) is 0 Å². The van der Waals surface area contributed by atoms with Gasteiger partial charge in [0.25, 0.3) is 0 Å². The van der Waals surface area contributed by atoms with Gasteiger partial charge in [-0.15, -0.1) is 0 Å². The van der Waals surface area contributed by atoms with Crippen molar-refractivity contribution in [2.45, 2.75) is 6.92 Å². The first-order chi connectivity index (χ1) is 6.07. The minimum Gasteiger partial charge on any atom is -0.491 e. The molecule has 0 spiro atoms. The fourth-order valence-corrected chi connectivity index (χ4v) is 3.21. The lowest BCUT2D eigenvalue weighted by Gasteiger charge is -2.11. The number of anilines is 1. The normalized spacial score (nSPS) is 10.2. The van der Waals surface area contributed by atoms with Gasteiger partial charge in [0, 0.05) is 4.47 Å². The molecule has 72 valence electrons. The average molecular weight is 374 g/mol. The Bertz CT molecular complexity index is 328. The van der Waals surface area contributed by atoms with E-state index in [1.807, 2.05) is 13.0 Å². The summed E-state index contributed by atoms with van der Waals surface area (Å²) in [4.78, 5) is 0. The van der Waals surface area contributed by atoms with Crippen LogP contribution in [0.25, 0.3) is 0 Å². The molecule has 0 aliphatic carbocycles. The standard InChI is InChI=1S/C8H8Br3NO/c1-2-13-8-5(10)3-4(9)7(12)6(8)11/h3H,2,12H2,1H3. The minimum atomic E-state index is 0.609. The van der Waals surface area contributed by atoms with Crippen LogP contribution in [0.4, 0.5) is 5.69 Å². The second-order valence-electron chi connectivity index (χ2n) is 2.33. The first-order valence-corrected chi connectivity index (χ1v) is 6.01. The minimum absolute atomic E-state index is 0.609. The van der Waals surface area contributed by atoms with Crippen LogP contribution in [-0.4, -0.2) is 6.61 Å². The quantitative estimate of drug-likeness (QED) is 0.796. The van der Waals surface area contributed by atoms with Crippen molar-refractivity contribution in [2.24, 2.45) is 0 Å². The van der Waals surface area contributed by atoms with Gasteiger partial charge in [0.05, 0.1) is 21.2 Å². The van der Waals surface area contributed by atoms with E-state index < -0.39 is 0 Å². The lowest BCUT2D eigenvalue weighted by Crippen LogP contribution is -1.97. The molecule has 0 saturated carbocycles. The summed E-state index contributed by atoms with van der Waals surface area (Å²) in [6.07, 6.45) is 0. The Morgan fingerprint density at radius 3 is 2.46 bits per heavy atom. The van der Waals surface area contributed by atoms with E-state index in [1.165, 1.54) is 0 Å². The summed E-state index contributed by atoms with van der Waals surface area (Å²) in [5.41, 5.74) is 6.43. The Hall–Kier alpha value is 0.260. The van der Waals surface area contributed by atoms with Crippen molar-refractivity contribution in [3.63, 3.8) is 0 Å². The number of halogens is 3. The first-order valence-electron chi connectivity index (χ1n) is 3.63. The highest BCUT2D eigenvalue weighted by Crippen LogP contribution is 2.41. The van der Waals surface area contributed by atoms with Crippen LogP contribution in [0.15, 0.2) is 19.5 Å². The van der Waals surface area contributed by atoms with Crippen LogP contribution in [0, 0.1) is 0 Å². The molecule has 0 radical (unpaired) electrons. The van der Waals surface area contributed by atoms with Gasteiger partial charge in [-0.2, -0.15) is 0 Å². The fourth-order valence-electron chi connectivity index (χ4n) is 0.863. The summed E-state index contributed by atoms with van der Waals surface area (Å²) in [6.45, 7) is 2.54. The molecule has 2 N–H and O–H groups in total. The molecule has 1 aromatic rings. The van der Waals surface area contributed by atoms with Crippen molar-refractivity contribution < 1.29 is 4.74 Å². The molecular weight excluding hydrogens is 366 g/mol. The Kier molecular flexibility index (Phi) is 4.06. The highest BCUT2D eigenvalue weighted by Gasteiger charge is 2.12. The molecule has 0 aromatic heterocycles. The van der Waals surface area contributed by atoms with Crippen molar-refractivity contribution in [1.82, 2.24) is 0 Å². The van der Waals surface area contributed by atoms with Gasteiger partial charge in [-0.25, -0.2) is 0 Å². The number of rotatable bonds is 2. The van der Waals surface area contributed by atoms with E-state index in [2.05, 4.69) is 47.8 Å². The van der Waals surface area contributed by atoms with E-state index in [4.69, 9.17) is 10.5 Å². The van der Waals surface area contributed by atoms with E-state index in [0.717, 1.165) is 19.2 Å². The van der Waals surface area contributed by atoms with Gasteiger partial charge < -0.3 is 10.5 Å². The third-order valence-corrected chi connectivity index (χ3v) is 3.48. The summed E-state index contributed by atoms with van der Waals surface area (Å²) in [5.74, 6) is 0.739. The monoisotopic (exact) mass is 371 g/mol. The van der Waals surface area contributed by atoms with E-state index in [0.29, 0.717) is 12.3 Å². The van der Waals surface area contributed by atoms with Crippen molar-refractivity contribution in [3.8, 4) is 5.75 Å². The lowest BCUT2D eigenvalue weighted by molar-refractivity contribution is 0.336. The van der Waals surface area contributed by atoms with Crippen molar-refractivity contribution in [1.29, 1.82) is 0 Å². The van der Waals surface area contributed by atoms with Gasteiger partial charge >= 0.3 is 0 Å². The van der Waals surface area contributed by atoms with Gasteiger partial charge in [0.15, 0.2) is 0 Å². The Morgan fingerprint density at radius 2 is 1.92 bits per heavy atom. The van der Waals surface area contributed by atoms with Gasteiger partial charge in [-0.3, -0.25) is 0 Å². The number of nitrogen functional groups attached to an aromatic ring is 1. The molecule has 1 rings (SSSR count). The largest absolute Gasteiger partial charge is 0.491 e. The third-order valence-electron chi connectivity index (χ3n) is 1.45. The second kappa shape index (κ2) is 4.66. The topological polar surface area (TPSA) is 35.2 Å². The molecule has 1 aromatic carbocycles. The van der Waals surface area contributed by atoms with Crippen LogP contribution in [0.5, 0.6) is 5.75 Å². The predicted octanol–water partition coefficient (Wildman–Crippen LogP) is 3.96. The zero-order valence-corrected chi connectivity index (χ0v) is 11.7. The van der Waals surface area contributed by atoms with E-state index in [1.54, 1.807) is 0 Å². The zero-order chi connectivity index (χ0) is 10.0. The molecule has 0 atom stereocenters. The Balaban J connectivity index is 3.26. The molecule has 0 fully saturated rings. The van der Waals surface area contributed by atoms with Gasteiger partial charge in [-0.1, -0.05) is 0 Å². The number of hydrogen-bond donors (Lipinski definition) is 1. The van der Waals surface area contributed by atoms with Crippen LogP contribution >= 0.6 is 47.8 Å². The van der Waals surface area contributed by atoms with Crippen LogP contribution in [-0.2, 0) is 0 Å². The zero-order valence-electron chi connectivity index (χ0n) is 6.90. The van der Waals surface area contributed by atoms with E-state index in [-0.39, 0.29) is 0 Å². The molecule has 0 saturated heterocycles. The van der Waals surface area contributed by atoms with E-state index in [9.17, 15) is 0 Å². The maximum Gasteiger partial charge on any atom is 0.149 e. The van der Waals surface area contributed by atoms with E-state index >= 15 is 0 Å². The Labute approximate surface area is 102 Å². The summed E-state index contributed by atoms with van der Waals surface area (Å²) in [6, 6.07) is 1.87. The van der Waals surface area contributed by atoms with Crippen LogP contribution in [0.2, 0.25) is 0 Å². The number of ether oxygens (including phenoxy) is 1. The molecule has 0 bridgehead atoms. The van der Waals surface area contributed by atoms with Crippen molar-refractivity contribution in [3.05, 3.63) is 19.5 Å². The highest BCUT2D eigenvalue weighted by molar-refractivity contribution is 9.11. The third kappa shape index (κ3) is 2.39. The van der Waals surface area contributed by atoms with Crippen LogP contribution in [0.3, 0.4) is 0 Å². The molecule has 0 unspecified atom stereocenters. The molecule has 0 aliphatic heterocycles. The maximum absolute atomic E-state index is 5.79. The molecule has 0 aliphatic rings.